The summed E-state index contributed by atoms with van der Waals surface area (Å²) in [4.78, 5) is 23.3. The summed E-state index contributed by atoms with van der Waals surface area (Å²) in [7, 11) is 0. The molecule has 1 atom stereocenters. The number of unbranched alkanes of at least 4 members (excludes halogenated alkanes) is 31. The molecular formula is C48H96O4. The number of hydrogen-bond acceptors (Lipinski definition) is 3. The van der Waals surface area contributed by atoms with Crippen LogP contribution in [0.4, 0.5) is 0 Å². The van der Waals surface area contributed by atoms with Gasteiger partial charge in [-0.25, -0.2) is 0 Å². The van der Waals surface area contributed by atoms with E-state index in [0.29, 0.717) is 13.0 Å². The van der Waals surface area contributed by atoms with Crippen LogP contribution in [0.2, 0.25) is 0 Å². The maximum atomic E-state index is 11.7. The third kappa shape index (κ3) is 38.7. The van der Waals surface area contributed by atoms with Crippen molar-refractivity contribution in [3.8, 4) is 0 Å². The molecule has 0 aliphatic carbocycles. The Morgan fingerprint density at radius 2 is 0.673 bits per heavy atom. The van der Waals surface area contributed by atoms with Crippen molar-refractivity contribution in [2.75, 3.05) is 6.61 Å². The van der Waals surface area contributed by atoms with E-state index in [9.17, 15) is 14.7 Å². The van der Waals surface area contributed by atoms with Gasteiger partial charge in [0.25, 0.3) is 0 Å². The number of esters is 1. The van der Waals surface area contributed by atoms with Crippen molar-refractivity contribution in [3.05, 3.63) is 0 Å². The van der Waals surface area contributed by atoms with E-state index in [1.807, 2.05) is 6.92 Å². The van der Waals surface area contributed by atoms with Crippen molar-refractivity contribution in [2.24, 2.45) is 5.41 Å². The van der Waals surface area contributed by atoms with Crippen LogP contribution in [0.25, 0.3) is 0 Å². The molecule has 0 aliphatic heterocycles. The molecule has 0 heterocycles. The topological polar surface area (TPSA) is 63.6 Å². The number of carbonyl (C=O) groups is 2. The van der Waals surface area contributed by atoms with E-state index >= 15 is 0 Å². The van der Waals surface area contributed by atoms with Gasteiger partial charge < -0.3 is 9.84 Å². The van der Waals surface area contributed by atoms with E-state index < -0.39 is 11.4 Å². The van der Waals surface area contributed by atoms with Crippen molar-refractivity contribution in [3.63, 3.8) is 0 Å². The highest BCUT2D eigenvalue weighted by Gasteiger charge is 2.35. The highest BCUT2D eigenvalue weighted by Crippen LogP contribution is 2.35. The number of rotatable bonds is 41. The molecule has 0 amide bonds. The summed E-state index contributed by atoms with van der Waals surface area (Å²) in [5, 5.41) is 9.65. The average Bonchev–Trinajstić information content (AvgIpc) is 3.14. The zero-order valence-electron chi connectivity index (χ0n) is 36.5. The van der Waals surface area contributed by atoms with Crippen molar-refractivity contribution in [1.82, 2.24) is 0 Å². The van der Waals surface area contributed by atoms with Crippen molar-refractivity contribution < 1.29 is 19.4 Å². The fourth-order valence-electron chi connectivity index (χ4n) is 7.44. The highest BCUT2D eigenvalue weighted by atomic mass is 16.5. The van der Waals surface area contributed by atoms with Crippen LogP contribution in [0.1, 0.15) is 285 Å². The van der Waals surface area contributed by atoms with Gasteiger partial charge in [0.1, 0.15) is 0 Å². The summed E-state index contributed by atoms with van der Waals surface area (Å²) in [6.07, 6.45) is 49.2. The summed E-state index contributed by atoms with van der Waals surface area (Å²) in [5.74, 6) is -0.556. The first-order chi connectivity index (χ1) is 25.4. The number of ether oxygens (including phenoxy) is 1. The molecule has 0 radical (unpaired) electrons. The molecule has 0 aromatic carbocycles. The molecule has 312 valence electrons. The van der Waals surface area contributed by atoms with E-state index in [1.165, 1.54) is 193 Å². The van der Waals surface area contributed by atoms with Crippen LogP contribution in [0.5, 0.6) is 0 Å². The molecule has 1 N–H and O–H groups in total. The molecule has 0 aliphatic rings. The van der Waals surface area contributed by atoms with Gasteiger partial charge in [0.05, 0.1) is 12.0 Å². The Labute approximate surface area is 327 Å². The predicted octanol–water partition coefficient (Wildman–Crippen LogP) is 16.9. The van der Waals surface area contributed by atoms with Gasteiger partial charge in [0.15, 0.2) is 0 Å². The smallest absolute Gasteiger partial charge is 0.309 e. The SMILES string of the molecule is CCCCCCCCCCCCCCCCC(CC)(CCCC)C(=O)O.CCCCCCCCCCCCCCCCOC(=O)CCCCCCC. The van der Waals surface area contributed by atoms with Crippen LogP contribution in [-0.2, 0) is 14.3 Å². The molecular weight excluding hydrogens is 641 g/mol. The third-order valence-corrected chi connectivity index (χ3v) is 11.4. The summed E-state index contributed by atoms with van der Waals surface area (Å²) in [6, 6.07) is 0. The van der Waals surface area contributed by atoms with Crippen LogP contribution in [0.15, 0.2) is 0 Å². The first kappa shape index (κ1) is 53.0. The van der Waals surface area contributed by atoms with Gasteiger partial charge in [-0.2, -0.15) is 0 Å². The molecule has 0 rings (SSSR count). The minimum atomic E-state index is -0.567. The fourth-order valence-corrected chi connectivity index (χ4v) is 7.44. The van der Waals surface area contributed by atoms with Gasteiger partial charge in [-0.3, -0.25) is 9.59 Å². The van der Waals surface area contributed by atoms with Crippen LogP contribution in [0.3, 0.4) is 0 Å². The number of carboxylic acid groups (broad SMARTS) is 1. The van der Waals surface area contributed by atoms with E-state index in [2.05, 4.69) is 27.7 Å². The second-order valence-electron chi connectivity index (χ2n) is 16.4. The normalized spacial score (nSPS) is 12.3. The summed E-state index contributed by atoms with van der Waals surface area (Å²) in [6.45, 7) is 11.6. The first-order valence-corrected chi connectivity index (χ1v) is 23.8. The minimum Gasteiger partial charge on any atom is -0.481 e. The molecule has 0 aromatic rings. The molecule has 0 bridgehead atoms. The molecule has 52 heavy (non-hydrogen) atoms. The van der Waals surface area contributed by atoms with Crippen molar-refractivity contribution in [2.45, 2.75) is 285 Å². The van der Waals surface area contributed by atoms with E-state index in [0.717, 1.165) is 51.4 Å². The minimum absolute atomic E-state index is 0.0104. The lowest BCUT2D eigenvalue weighted by molar-refractivity contribution is -0.150. The molecule has 0 aromatic heterocycles. The van der Waals surface area contributed by atoms with Crippen molar-refractivity contribution >= 4 is 11.9 Å². The number of hydrogen-bond donors (Lipinski definition) is 1. The fraction of sp³-hybridized carbons (Fsp3) is 0.958. The maximum absolute atomic E-state index is 11.7. The van der Waals surface area contributed by atoms with Crippen molar-refractivity contribution in [1.29, 1.82) is 0 Å². The van der Waals surface area contributed by atoms with E-state index in [4.69, 9.17) is 4.74 Å². The Kier molecular flexibility index (Phi) is 45.2. The molecule has 1 unspecified atom stereocenters. The average molecular weight is 737 g/mol. The van der Waals surface area contributed by atoms with E-state index in [-0.39, 0.29) is 5.97 Å². The predicted molar refractivity (Wildman–Crippen MR) is 229 cm³/mol. The molecule has 0 saturated carbocycles. The standard InChI is InChI=1S/2C24H48O2/c1-4-7-9-10-11-12-13-14-15-16-17-18-19-20-22-24(6-3,23(25)26)21-8-5-2;1-3-5-7-9-10-11-12-13-14-15-16-17-19-21-23-26-24(25)22-20-18-8-6-4-2/h4-22H2,1-3H3,(H,25,26);3-23H2,1-2H3. The Morgan fingerprint density at radius 3 is 1.00 bits per heavy atom. The molecule has 0 spiro atoms. The van der Waals surface area contributed by atoms with Gasteiger partial charge in [-0.1, -0.05) is 247 Å². The number of carboxylic acids is 1. The molecule has 0 fully saturated rings. The summed E-state index contributed by atoms with van der Waals surface area (Å²) < 4.78 is 5.32. The second-order valence-corrected chi connectivity index (χ2v) is 16.4. The van der Waals surface area contributed by atoms with Crippen LogP contribution < -0.4 is 0 Å². The van der Waals surface area contributed by atoms with Crippen LogP contribution in [0, 0.1) is 5.41 Å². The first-order valence-electron chi connectivity index (χ1n) is 23.8. The molecule has 0 saturated heterocycles. The summed E-state index contributed by atoms with van der Waals surface area (Å²) in [5.41, 5.74) is -0.451. The van der Waals surface area contributed by atoms with Gasteiger partial charge in [0.2, 0.25) is 0 Å². The van der Waals surface area contributed by atoms with Gasteiger partial charge in [-0.05, 0) is 32.1 Å². The zero-order chi connectivity index (χ0) is 38.6. The summed E-state index contributed by atoms with van der Waals surface area (Å²) >= 11 is 0. The largest absolute Gasteiger partial charge is 0.481 e. The lowest BCUT2D eigenvalue weighted by Crippen LogP contribution is -2.30. The van der Waals surface area contributed by atoms with Crippen LogP contribution in [-0.4, -0.2) is 23.7 Å². The quantitative estimate of drug-likeness (QED) is 0.0501. The van der Waals surface area contributed by atoms with E-state index in [1.54, 1.807) is 0 Å². The Bertz CT molecular complexity index is 706. The Balaban J connectivity index is 0. The second kappa shape index (κ2) is 44.3. The third-order valence-electron chi connectivity index (χ3n) is 11.4. The zero-order valence-corrected chi connectivity index (χ0v) is 36.5. The van der Waals surface area contributed by atoms with Gasteiger partial charge in [0, 0.05) is 6.42 Å². The molecule has 4 nitrogen and oxygen atoms in total. The van der Waals surface area contributed by atoms with Gasteiger partial charge in [-0.15, -0.1) is 0 Å². The Morgan fingerprint density at radius 1 is 0.385 bits per heavy atom. The lowest BCUT2D eigenvalue weighted by Gasteiger charge is -2.28. The Hall–Kier alpha value is -1.06. The number of aliphatic carboxylic acids is 1. The van der Waals surface area contributed by atoms with Gasteiger partial charge >= 0.3 is 11.9 Å². The highest BCUT2D eigenvalue weighted by molar-refractivity contribution is 5.74. The monoisotopic (exact) mass is 737 g/mol. The maximum Gasteiger partial charge on any atom is 0.309 e. The molecule has 4 heteroatoms. The van der Waals surface area contributed by atoms with Crippen LogP contribution >= 0.6 is 0 Å². The number of carbonyl (C=O) groups excluding carboxylic acids is 1. The lowest BCUT2D eigenvalue weighted by atomic mass is 9.76.